The topological polar surface area (TPSA) is 105 Å². The third-order valence-corrected chi connectivity index (χ3v) is 5.00. The number of hydrogen-bond donors (Lipinski definition) is 3. The van der Waals surface area contributed by atoms with Crippen molar-refractivity contribution in [2.45, 2.75) is 38.9 Å². The Balaban J connectivity index is 1.94. The number of benzene rings is 1. The van der Waals surface area contributed by atoms with Gasteiger partial charge in [0.05, 0.1) is 25.3 Å². The number of ether oxygens (including phenoxy) is 1. The molecular formula is C20H26N4O4. The molecule has 1 aliphatic heterocycles. The minimum absolute atomic E-state index is 0.246. The van der Waals surface area contributed by atoms with Crippen LogP contribution in [0.25, 0.3) is 0 Å². The van der Waals surface area contributed by atoms with Gasteiger partial charge in [-0.15, -0.1) is 0 Å². The molecule has 2 aromatic rings. The highest BCUT2D eigenvalue weighted by Gasteiger charge is 2.30. The number of hydrogen-bond acceptors (Lipinski definition) is 6. The number of aromatic hydroxyl groups is 1. The minimum atomic E-state index is -0.639. The Morgan fingerprint density at radius 1 is 1.32 bits per heavy atom. The number of aryl methyl sites for hydroxylation is 1. The van der Waals surface area contributed by atoms with Crippen LogP contribution in [0.5, 0.6) is 5.75 Å². The molecule has 0 fully saturated rings. The lowest BCUT2D eigenvalue weighted by molar-refractivity contribution is 0.0941. The smallest absolute Gasteiger partial charge is 0.296 e. The molecule has 2 heterocycles. The fourth-order valence-corrected chi connectivity index (χ4v) is 3.25. The Hall–Kier alpha value is -2.71. The van der Waals surface area contributed by atoms with Gasteiger partial charge in [-0.25, -0.2) is 4.98 Å². The van der Waals surface area contributed by atoms with Gasteiger partial charge in [0.1, 0.15) is 5.82 Å². The SMILES string of the molecule is CC[C@H]1COC[C@@H](NC)c2nc(C(=O)NCc3ccc(C)cc3)c(O)c(=O)n21. The Bertz CT molecular complexity index is 908. The molecule has 150 valence electrons. The van der Waals surface area contributed by atoms with Gasteiger partial charge in [-0.05, 0) is 26.0 Å². The van der Waals surface area contributed by atoms with E-state index in [4.69, 9.17) is 4.74 Å². The second-order valence-electron chi connectivity index (χ2n) is 6.95. The average molecular weight is 386 g/mol. The molecule has 3 N–H and O–H groups in total. The van der Waals surface area contributed by atoms with Crippen molar-refractivity contribution in [2.75, 3.05) is 20.3 Å². The number of nitrogens with one attached hydrogen (secondary N) is 2. The third kappa shape index (κ3) is 3.93. The van der Waals surface area contributed by atoms with E-state index in [0.717, 1.165) is 11.1 Å². The highest BCUT2D eigenvalue weighted by atomic mass is 16.5. The molecule has 28 heavy (non-hydrogen) atoms. The molecule has 0 radical (unpaired) electrons. The molecule has 2 atom stereocenters. The lowest BCUT2D eigenvalue weighted by atomic mass is 10.1. The summed E-state index contributed by atoms with van der Waals surface area (Å²) in [6, 6.07) is 7.13. The zero-order chi connectivity index (χ0) is 20.3. The Kier molecular flexibility index (Phi) is 6.11. The number of nitrogens with zero attached hydrogens (tertiary/aromatic N) is 2. The number of aromatic nitrogens is 2. The van der Waals surface area contributed by atoms with E-state index in [9.17, 15) is 14.7 Å². The number of carbonyl (C=O) groups excluding carboxylic acids is 1. The summed E-state index contributed by atoms with van der Waals surface area (Å²) in [6.45, 7) is 4.87. The molecular weight excluding hydrogens is 360 g/mol. The van der Waals surface area contributed by atoms with Crippen molar-refractivity contribution in [1.82, 2.24) is 20.2 Å². The molecule has 0 bridgehead atoms. The highest BCUT2D eigenvalue weighted by Crippen LogP contribution is 2.24. The van der Waals surface area contributed by atoms with E-state index < -0.39 is 17.2 Å². The van der Waals surface area contributed by atoms with Gasteiger partial charge in [0.2, 0.25) is 5.75 Å². The molecule has 3 rings (SSSR count). The summed E-state index contributed by atoms with van der Waals surface area (Å²) in [5.41, 5.74) is 1.15. The summed E-state index contributed by atoms with van der Waals surface area (Å²) in [5.74, 6) is -0.831. The number of fused-ring (bicyclic) bond motifs is 1. The van der Waals surface area contributed by atoms with Gasteiger partial charge < -0.3 is 20.5 Å². The first-order valence-corrected chi connectivity index (χ1v) is 9.40. The first-order valence-electron chi connectivity index (χ1n) is 9.40. The second kappa shape index (κ2) is 8.53. The van der Waals surface area contributed by atoms with E-state index in [1.165, 1.54) is 4.57 Å². The molecule has 0 saturated heterocycles. The van der Waals surface area contributed by atoms with E-state index in [1.807, 2.05) is 38.1 Å². The van der Waals surface area contributed by atoms with Gasteiger partial charge in [0, 0.05) is 6.54 Å². The molecule has 1 amide bonds. The molecule has 1 aliphatic rings. The van der Waals surface area contributed by atoms with Crippen molar-refractivity contribution in [3.8, 4) is 5.75 Å². The van der Waals surface area contributed by atoms with Crippen molar-refractivity contribution in [3.63, 3.8) is 0 Å². The molecule has 8 heteroatoms. The summed E-state index contributed by atoms with van der Waals surface area (Å²) < 4.78 is 7.09. The van der Waals surface area contributed by atoms with Crippen LogP contribution >= 0.6 is 0 Å². The maximum Gasteiger partial charge on any atom is 0.296 e. The van der Waals surface area contributed by atoms with Gasteiger partial charge >= 0.3 is 0 Å². The maximum atomic E-state index is 12.8. The summed E-state index contributed by atoms with van der Waals surface area (Å²) >= 11 is 0. The standard InChI is InChI=1S/C20H26N4O4/c1-4-14-10-28-11-15(21-3)18-23-16(17(25)20(27)24(14)18)19(26)22-9-13-7-5-12(2)6-8-13/h5-8,14-15,21,25H,4,9-11H2,1-3H3,(H,22,26)/t14-,15+/m0/s1. The van der Waals surface area contributed by atoms with Crippen LogP contribution in [0.15, 0.2) is 29.1 Å². The number of carbonyl (C=O) groups is 1. The average Bonchev–Trinajstić information content (AvgIpc) is 2.88. The number of rotatable bonds is 5. The fourth-order valence-electron chi connectivity index (χ4n) is 3.25. The zero-order valence-electron chi connectivity index (χ0n) is 16.4. The third-order valence-electron chi connectivity index (χ3n) is 5.00. The Morgan fingerprint density at radius 2 is 2.04 bits per heavy atom. The predicted octanol–water partition coefficient (Wildman–Crippen LogP) is 1.43. The summed E-state index contributed by atoms with van der Waals surface area (Å²) in [4.78, 5) is 29.9. The van der Waals surface area contributed by atoms with Crippen molar-refractivity contribution in [2.24, 2.45) is 0 Å². The van der Waals surface area contributed by atoms with Gasteiger partial charge in [0.15, 0.2) is 5.69 Å². The van der Waals surface area contributed by atoms with Crippen LogP contribution in [0.4, 0.5) is 0 Å². The fraction of sp³-hybridized carbons (Fsp3) is 0.450. The van der Waals surface area contributed by atoms with Crippen LogP contribution in [0.1, 0.15) is 52.9 Å². The normalized spacial score (nSPS) is 19.0. The van der Waals surface area contributed by atoms with Crippen LogP contribution in [-0.2, 0) is 11.3 Å². The predicted molar refractivity (Wildman–Crippen MR) is 104 cm³/mol. The largest absolute Gasteiger partial charge is 0.501 e. The molecule has 0 unspecified atom stereocenters. The molecule has 1 aromatic carbocycles. The lowest BCUT2D eigenvalue weighted by Gasteiger charge is -2.21. The number of likely N-dealkylation sites (N-methyl/N-ethyl adjacent to an activating group) is 1. The lowest BCUT2D eigenvalue weighted by Crippen LogP contribution is -2.36. The molecule has 0 saturated carbocycles. The summed E-state index contributed by atoms with van der Waals surface area (Å²) in [5, 5.41) is 16.2. The number of amides is 1. The minimum Gasteiger partial charge on any atom is -0.501 e. The van der Waals surface area contributed by atoms with E-state index in [1.54, 1.807) is 7.05 Å². The second-order valence-corrected chi connectivity index (χ2v) is 6.95. The first kappa shape index (κ1) is 20.0. The monoisotopic (exact) mass is 386 g/mol. The van der Waals surface area contributed by atoms with Crippen LogP contribution < -0.4 is 16.2 Å². The van der Waals surface area contributed by atoms with E-state index in [-0.39, 0.29) is 24.3 Å². The molecule has 0 spiro atoms. The van der Waals surface area contributed by atoms with Gasteiger partial charge in [-0.2, -0.15) is 0 Å². The van der Waals surface area contributed by atoms with Crippen molar-refractivity contribution < 1.29 is 14.6 Å². The molecule has 8 nitrogen and oxygen atoms in total. The van der Waals surface area contributed by atoms with Gasteiger partial charge in [0.25, 0.3) is 11.5 Å². The van der Waals surface area contributed by atoms with E-state index >= 15 is 0 Å². The highest BCUT2D eigenvalue weighted by molar-refractivity contribution is 5.94. The molecule has 0 aliphatic carbocycles. The first-order chi connectivity index (χ1) is 13.5. The Labute approximate surface area is 163 Å². The summed E-state index contributed by atoms with van der Waals surface area (Å²) in [6.07, 6.45) is 0.642. The van der Waals surface area contributed by atoms with Crippen molar-refractivity contribution in [1.29, 1.82) is 0 Å². The van der Waals surface area contributed by atoms with Crippen LogP contribution in [0.2, 0.25) is 0 Å². The van der Waals surface area contributed by atoms with Crippen LogP contribution in [-0.4, -0.2) is 40.8 Å². The van der Waals surface area contributed by atoms with Crippen molar-refractivity contribution >= 4 is 5.91 Å². The van der Waals surface area contributed by atoms with Crippen LogP contribution in [0.3, 0.4) is 0 Å². The van der Waals surface area contributed by atoms with E-state index in [0.29, 0.717) is 25.5 Å². The van der Waals surface area contributed by atoms with Gasteiger partial charge in [-0.1, -0.05) is 36.8 Å². The quantitative estimate of drug-likeness (QED) is 0.718. The summed E-state index contributed by atoms with van der Waals surface area (Å²) in [7, 11) is 1.74. The zero-order valence-corrected chi connectivity index (χ0v) is 16.4. The maximum absolute atomic E-state index is 12.8. The molecule has 1 aromatic heterocycles. The van der Waals surface area contributed by atoms with Crippen LogP contribution in [0, 0.1) is 6.92 Å². The Morgan fingerprint density at radius 3 is 2.68 bits per heavy atom. The van der Waals surface area contributed by atoms with Crippen molar-refractivity contribution in [3.05, 3.63) is 57.3 Å². The van der Waals surface area contributed by atoms with E-state index in [2.05, 4.69) is 15.6 Å². The van der Waals surface area contributed by atoms with Gasteiger partial charge in [-0.3, -0.25) is 14.2 Å².